The highest BCUT2D eigenvalue weighted by Gasteiger charge is 2.03. The first-order valence-electron chi connectivity index (χ1n) is 6.50. The molecule has 0 saturated carbocycles. The summed E-state index contributed by atoms with van der Waals surface area (Å²) < 4.78 is 15.4. The standard InChI is InChI=1S/C16H13ClFN3/c17-13-4-7-15(18)16(10-13)19-11-12-2-5-14(6-3-12)21-9-1-8-20-21/h1-10,19H,11H2. The quantitative estimate of drug-likeness (QED) is 0.779. The van der Waals surface area contributed by atoms with E-state index in [9.17, 15) is 4.39 Å². The normalized spacial score (nSPS) is 10.6. The summed E-state index contributed by atoms with van der Waals surface area (Å²) in [6.07, 6.45) is 3.62. The Morgan fingerprint density at radius 2 is 1.95 bits per heavy atom. The molecule has 0 saturated heterocycles. The van der Waals surface area contributed by atoms with Gasteiger partial charge in [0.05, 0.1) is 11.4 Å². The second-order valence-electron chi connectivity index (χ2n) is 4.59. The summed E-state index contributed by atoms with van der Waals surface area (Å²) in [5, 5.41) is 7.72. The van der Waals surface area contributed by atoms with E-state index in [1.54, 1.807) is 16.9 Å². The van der Waals surface area contributed by atoms with Crippen LogP contribution in [0.25, 0.3) is 5.69 Å². The summed E-state index contributed by atoms with van der Waals surface area (Å²) in [4.78, 5) is 0. The molecule has 1 heterocycles. The van der Waals surface area contributed by atoms with Crippen molar-refractivity contribution >= 4 is 17.3 Å². The van der Waals surface area contributed by atoms with E-state index in [1.165, 1.54) is 12.1 Å². The Balaban J connectivity index is 1.70. The van der Waals surface area contributed by atoms with Gasteiger partial charge in [0.15, 0.2) is 0 Å². The van der Waals surface area contributed by atoms with Crippen LogP contribution in [0.2, 0.25) is 5.02 Å². The molecular formula is C16H13ClFN3. The fourth-order valence-electron chi connectivity index (χ4n) is 2.02. The maximum Gasteiger partial charge on any atom is 0.146 e. The van der Waals surface area contributed by atoms with Gasteiger partial charge in [-0.25, -0.2) is 9.07 Å². The fourth-order valence-corrected chi connectivity index (χ4v) is 2.19. The number of nitrogens with one attached hydrogen (secondary N) is 1. The second-order valence-corrected chi connectivity index (χ2v) is 5.03. The van der Waals surface area contributed by atoms with Crippen LogP contribution in [0.5, 0.6) is 0 Å². The van der Waals surface area contributed by atoms with Crippen molar-refractivity contribution in [1.29, 1.82) is 0 Å². The third kappa shape index (κ3) is 3.23. The van der Waals surface area contributed by atoms with Crippen molar-refractivity contribution in [2.45, 2.75) is 6.54 Å². The van der Waals surface area contributed by atoms with Gasteiger partial charge in [0.25, 0.3) is 0 Å². The molecule has 106 valence electrons. The lowest BCUT2D eigenvalue weighted by molar-refractivity contribution is 0.630. The number of hydrogen-bond donors (Lipinski definition) is 1. The number of anilines is 1. The first-order valence-corrected chi connectivity index (χ1v) is 6.88. The van der Waals surface area contributed by atoms with Gasteiger partial charge in [-0.2, -0.15) is 5.10 Å². The van der Waals surface area contributed by atoms with Crippen LogP contribution in [-0.2, 0) is 6.54 Å². The zero-order valence-corrected chi connectivity index (χ0v) is 11.9. The summed E-state index contributed by atoms with van der Waals surface area (Å²) >= 11 is 5.86. The zero-order chi connectivity index (χ0) is 14.7. The molecule has 2 aromatic carbocycles. The van der Waals surface area contributed by atoms with E-state index < -0.39 is 0 Å². The van der Waals surface area contributed by atoms with Crippen molar-refractivity contribution in [3.63, 3.8) is 0 Å². The summed E-state index contributed by atoms with van der Waals surface area (Å²) in [5.74, 6) is -0.312. The molecule has 0 radical (unpaired) electrons. The monoisotopic (exact) mass is 301 g/mol. The molecule has 3 nitrogen and oxygen atoms in total. The van der Waals surface area contributed by atoms with Crippen LogP contribution in [0, 0.1) is 5.82 Å². The Bertz CT molecular complexity index is 724. The first-order chi connectivity index (χ1) is 10.2. The number of nitrogens with zero attached hydrogens (tertiary/aromatic N) is 2. The molecule has 0 amide bonds. The molecule has 1 N–H and O–H groups in total. The van der Waals surface area contributed by atoms with E-state index in [4.69, 9.17) is 11.6 Å². The molecule has 0 aliphatic rings. The molecule has 0 fully saturated rings. The highest BCUT2D eigenvalue weighted by atomic mass is 35.5. The molecule has 0 aliphatic carbocycles. The average molecular weight is 302 g/mol. The van der Waals surface area contributed by atoms with Crippen molar-refractivity contribution < 1.29 is 4.39 Å². The number of aromatic nitrogens is 2. The molecule has 3 rings (SSSR count). The van der Waals surface area contributed by atoms with Crippen molar-refractivity contribution in [2.24, 2.45) is 0 Å². The van der Waals surface area contributed by atoms with Gasteiger partial charge in [0.1, 0.15) is 5.82 Å². The zero-order valence-electron chi connectivity index (χ0n) is 11.1. The minimum Gasteiger partial charge on any atom is -0.379 e. The largest absolute Gasteiger partial charge is 0.379 e. The highest BCUT2D eigenvalue weighted by molar-refractivity contribution is 6.30. The third-order valence-electron chi connectivity index (χ3n) is 3.12. The minimum absolute atomic E-state index is 0.312. The molecule has 0 aliphatic heterocycles. The third-order valence-corrected chi connectivity index (χ3v) is 3.35. The van der Waals surface area contributed by atoms with E-state index in [1.807, 2.05) is 36.5 Å². The Morgan fingerprint density at radius 3 is 2.67 bits per heavy atom. The second kappa shape index (κ2) is 5.97. The van der Waals surface area contributed by atoms with Crippen LogP contribution >= 0.6 is 11.6 Å². The predicted octanol–water partition coefficient (Wildman–Crippen LogP) is 4.28. The van der Waals surface area contributed by atoms with Crippen LogP contribution in [0.3, 0.4) is 0 Å². The lowest BCUT2D eigenvalue weighted by atomic mass is 10.2. The van der Waals surface area contributed by atoms with Crippen LogP contribution in [0.15, 0.2) is 60.9 Å². The van der Waals surface area contributed by atoms with Gasteiger partial charge in [0, 0.05) is 24.0 Å². The molecular weight excluding hydrogens is 289 g/mol. The van der Waals surface area contributed by atoms with Gasteiger partial charge >= 0.3 is 0 Å². The maximum atomic E-state index is 13.6. The van der Waals surface area contributed by atoms with Gasteiger partial charge < -0.3 is 5.32 Å². The molecule has 0 atom stereocenters. The van der Waals surface area contributed by atoms with Gasteiger partial charge in [0.2, 0.25) is 0 Å². The molecule has 1 aromatic heterocycles. The van der Waals surface area contributed by atoms with Crippen molar-refractivity contribution in [1.82, 2.24) is 9.78 Å². The summed E-state index contributed by atoms with van der Waals surface area (Å²) in [7, 11) is 0. The lowest BCUT2D eigenvalue weighted by Crippen LogP contribution is -2.02. The fraction of sp³-hybridized carbons (Fsp3) is 0.0625. The summed E-state index contributed by atoms with van der Waals surface area (Å²) in [5.41, 5.74) is 2.43. The molecule has 21 heavy (non-hydrogen) atoms. The van der Waals surface area contributed by atoms with Crippen molar-refractivity contribution in [2.75, 3.05) is 5.32 Å². The van der Waals surface area contributed by atoms with E-state index in [2.05, 4.69) is 10.4 Å². The predicted molar refractivity (Wildman–Crippen MR) is 82.3 cm³/mol. The van der Waals surface area contributed by atoms with E-state index in [0.29, 0.717) is 17.3 Å². The Labute approximate surface area is 127 Å². The first kappa shape index (κ1) is 13.6. The SMILES string of the molecule is Fc1ccc(Cl)cc1NCc1ccc(-n2cccn2)cc1. The van der Waals surface area contributed by atoms with Crippen molar-refractivity contribution in [3.05, 3.63) is 77.3 Å². The smallest absolute Gasteiger partial charge is 0.146 e. The minimum atomic E-state index is -0.312. The van der Waals surface area contributed by atoms with Gasteiger partial charge in [-0.3, -0.25) is 0 Å². The average Bonchev–Trinajstić information content (AvgIpc) is 3.03. The van der Waals surface area contributed by atoms with Crippen LogP contribution in [0.4, 0.5) is 10.1 Å². The number of benzene rings is 2. The van der Waals surface area contributed by atoms with Gasteiger partial charge in [-0.15, -0.1) is 0 Å². The number of rotatable bonds is 4. The molecule has 5 heteroatoms. The van der Waals surface area contributed by atoms with Gasteiger partial charge in [-0.1, -0.05) is 23.7 Å². The van der Waals surface area contributed by atoms with Crippen LogP contribution in [0.1, 0.15) is 5.56 Å². The summed E-state index contributed by atoms with van der Waals surface area (Å²) in [6.45, 7) is 0.524. The van der Waals surface area contributed by atoms with E-state index in [0.717, 1.165) is 11.3 Å². The molecule has 0 bridgehead atoms. The number of hydrogen-bond acceptors (Lipinski definition) is 2. The molecule has 3 aromatic rings. The Morgan fingerprint density at radius 1 is 1.14 bits per heavy atom. The lowest BCUT2D eigenvalue weighted by Gasteiger charge is -2.09. The maximum absolute atomic E-state index is 13.6. The highest BCUT2D eigenvalue weighted by Crippen LogP contribution is 2.20. The summed E-state index contributed by atoms with van der Waals surface area (Å²) in [6, 6.07) is 14.2. The number of halogens is 2. The Hall–Kier alpha value is -2.33. The van der Waals surface area contributed by atoms with Gasteiger partial charge in [-0.05, 0) is 42.0 Å². The topological polar surface area (TPSA) is 29.9 Å². The van der Waals surface area contributed by atoms with E-state index in [-0.39, 0.29) is 5.82 Å². The Kier molecular flexibility index (Phi) is 3.88. The van der Waals surface area contributed by atoms with Crippen LogP contribution in [-0.4, -0.2) is 9.78 Å². The van der Waals surface area contributed by atoms with Crippen molar-refractivity contribution in [3.8, 4) is 5.69 Å². The molecule has 0 spiro atoms. The van der Waals surface area contributed by atoms with E-state index >= 15 is 0 Å². The van der Waals surface area contributed by atoms with Crippen LogP contribution < -0.4 is 5.32 Å². The molecule has 0 unspecified atom stereocenters.